The van der Waals surface area contributed by atoms with Crippen molar-refractivity contribution in [3.8, 4) is 5.69 Å². The molecule has 0 fully saturated rings. The van der Waals surface area contributed by atoms with Crippen LogP contribution in [0, 0.1) is 27.7 Å². The quantitative estimate of drug-likeness (QED) is 0.631. The van der Waals surface area contributed by atoms with Crippen molar-refractivity contribution >= 4 is 5.97 Å². The fourth-order valence-corrected chi connectivity index (χ4v) is 3.02. The average molecular weight is 353 g/mol. The highest BCUT2D eigenvalue weighted by Crippen LogP contribution is 2.20. The van der Waals surface area contributed by atoms with Gasteiger partial charge in [0.05, 0.1) is 22.6 Å². The lowest BCUT2D eigenvalue weighted by atomic mass is 10.1. The van der Waals surface area contributed by atoms with Gasteiger partial charge in [0.15, 0.2) is 0 Å². The maximum Gasteiger partial charge on any atom is 0.306 e. The molecule has 6 nitrogen and oxygen atoms in total. The summed E-state index contributed by atoms with van der Waals surface area (Å²) in [6.45, 7) is 7.84. The number of aromatic nitrogens is 3. The minimum atomic E-state index is -0.240. The van der Waals surface area contributed by atoms with Crippen LogP contribution in [0.1, 0.15) is 40.4 Å². The van der Waals surface area contributed by atoms with Crippen LogP contribution in [0.2, 0.25) is 0 Å². The maximum absolute atomic E-state index is 12.1. The largest absolute Gasteiger partial charge is 0.461 e. The molecule has 0 amide bonds. The van der Waals surface area contributed by atoms with Gasteiger partial charge in [0, 0.05) is 12.1 Å². The van der Waals surface area contributed by atoms with Crippen molar-refractivity contribution in [2.24, 2.45) is 0 Å². The summed E-state index contributed by atoms with van der Waals surface area (Å²) in [5.74, 6) is 0.447. The van der Waals surface area contributed by atoms with Crippen LogP contribution >= 0.6 is 0 Å². The van der Waals surface area contributed by atoms with Crippen LogP contribution in [0.15, 0.2) is 34.9 Å². The number of esters is 1. The van der Waals surface area contributed by atoms with Gasteiger partial charge in [0.2, 0.25) is 0 Å². The normalized spacial score (nSPS) is 10.9. The molecule has 0 atom stereocenters. The maximum atomic E-state index is 12.1. The Morgan fingerprint density at radius 2 is 1.81 bits per heavy atom. The summed E-state index contributed by atoms with van der Waals surface area (Å²) in [5, 5.41) is 8.48. The SMILES string of the molecule is Cc1noc(C)c1COC(=O)CCc1c(C)nn(-c2ccccc2)c1C. The molecule has 0 aliphatic carbocycles. The van der Waals surface area contributed by atoms with Crippen molar-refractivity contribution < 1.29 is 14.1 Å². The molecule has 0 unspecified atom stereocenters. The zero-order chi connectivity index (χ0) is 18.7. The van der Waals surface area contributed by atoms with Crippen molar-refractivity contribution in [1.82, 2.24) is 14.9 Å². The Labute approximate surface area is 152 Å². The second kappa shape index (κ2) is 7.56. The first-order chi connectivity index (χ1) is 12.5. The molecular weight excluding hydrogens is 330 g/mol. The Morgan fingerprint density at radius 3 is 2.46 bits per heavy atom. The molecule has 0 N–H and O–H groups in total. The highest BCUT2D eigenvalue weighted by Gasteiger charge is 2.16. The predicted molar refractivity (Wildman–Crippen MR) is 97.1 cm³/mol. The Kier molecular flexibility index (Phi) is 5.21. The van der Waals surface area contributed by atoms with Gasteiger partial charge in [0.1, 0.15) is 12.4 Å². The van der Waals surface area contributed by atoms with Gasteiger partial charge < -0.3 is 9.26 Å². The van der Waals surface area contributed by atoms with E-state index >= 15 is 0 Å². The monoisotopic (exact) mass is 353 g/mol. The van der Waals surface area contributed by atoms with Gasteiger partial charge in [-0.05, 0) is 51.8 Å². The first kappa shape index (κ1) is 17.9. The van der Waals surface area contributed by atoms with E-state index in [0.29, 0.717) is 18.6 Å². The van der Waals surface area contributed by atoms with Crippen LogP contribution in [0.5, 0.6) is 0 Å². The third-order valence-electron chi connectivity index (χ3n) is 4.58. The van der Waals surface area contributed by atoms with Crippen LogP contribution < -0.4 is 0 Å². The summed E-state index contributed by atoms with van der Waals surface area (Å²) in [4.78, 5) is 12.1. The van der Waals surface area contributed by atoms with E-state index in [1.165, 1.54) is 0 Å². The fraction of sp³-hybridized carbons (Fsp3) is 0.350. The number of nitrogens with zero attached hydrogens (tertiary/aromatic N) is 3. The van der Waals surface area contributed by atoms with Gasteiger partial charge in [-0.25, -0.2) is 4.68 Å². The zero-order valence-electron chi connectivity index (χ0n) is 15.6. The van der Waals surface area contributed by atoms with Crippen LogP contribution in [-0.4, -0.2) is 20.9 Å². The van der Waals surface area contributed by atoms with Gasteiger partial charge in [0.25, 0.3) is 0 Å². The molecular formula is C20H23N3O3. The number of para-hydroxylation sites is 1. The van der Waals surface area contributed by atoms with E-state index in [1.54, 1.807) is 0 Å². The first-order valence-electron chi connectivity index (χ1n) is 8.65. The molecule has 2 aromatic heterocycles. The van der Waals surface area contributed by atoms with E-state index in [-0.39, 0.29) is 12.6 Å². The van der Waals surface area contributed by atoms with Crippen molar-refractivity contribution in [2.75, 3.05) is 0 Å². The van der Waals surface area contributed by atoms with Gasteiger partial charge in [-0.2, -0.15) is 5.10 Å². The highest BCUT2D eigenvalue weighted by atomic mass is 16.5. The highest BCUT2D eigenvalue weighted by molar-refractivity contribution is 5.70. The van der Waals surface area contributed by atoms with E-state index in [2.05, 4.69) is 10.3 Å². The lowest BCUT2D eigenvalue weighted by Crippen LogP contribution is -2.07. The fourth-order valence-electron chi connectivity index (χ4n) is 3.02. The molecule has 136 valence electrons. The molecule has 1 aromatic carbocycles. The van der Waals surface area contributed by atoms with Gasteiger partial charge in [-0.1, -0.05) is 23.4 Å². The summed E-state index contributed by atoms with van der Waals surface area (Å²) in [6.07, 6.45) is 0.913. The smallest absolute Gasteiger partial charge is 0.306 e. The number of ether oxygens (including phenoxy) is 1. The molecule has 2 heterocycles. The van der Waals surface area contributed by atoms with Crippen LogP contribution in [0.4, 0.5) is 0 Å². The second-order valence-corrected chi connectivity index (χ2v) is 6.36. The van der Waals surface area contributed by atoms with E-state index < -0.39 is 0 Å². The molecule has 26 heavy (non-hydrogen) atoms. The van der Waals surface area contributed by atoms with Crippen molar-refractivity contribution in [3.05, 3.63) is 64.3 Å². The van der Waals surface area contributed by atoms with Crippen LogP contribution in [-0.2, 0) is 22.6 Å². The molecule has 0 aliphatic rings. The molecule has 3 rings (SSSR count). The van der Waals surface area contributed by atoms with E-state index in [4.69, 9.17) is 9.26 Å². The first-order valence-corrected chi connectivity index (χ1v) is 8.65. The van der Waals surface area contributed by atoms with Gasteiger partial charge >= 0.3 is 5.97 Å². The van der Waals surface area contributed by atoms with Crippen molar-refractivity contribution in [3.63, 3.8) is 0 Å². The van der Waals surface area contributed by atoms with E-state index in [1.807, 2.05) is 62.7 Å². The second-order valence-electron chi connectivity index (χ2n) is 6.36. The Balaban J connectivity index is 1.63. The van der Waals surface area contributed by atoms with E-state index in [9.17, 15) is 4.79 Å². The number of aryl methyl sites for hydroxylation is 3. The molecule has 6 heteroatoms. The average Bonchev–Trinajstić information content (AvgIpc) is 3.11. The van der Waals surface area contributed by atoms with Crippen LogP contribution in [0.3, 0.4) is 0 Å². The molecule has 0 saturated heterocycles. The third kappa shape index (κ3) is 3.69. The minimum Gasteiger partial charge on any atom is -0.461 e. The number of carbonyl (C=O) groups is 1. The van der Waals surface area contributed by atoms with Gasteiger partial charge in [-0.15, -0.1) is 0 Å². The Morgan fingerprint density at radius 1 is 1.08 bits per heavy atom. The Bertz CT molecular complexity index is 891. The summed E-state index contributed by atoms with van der Waals surface area (Å²) in [7, 11) is 0. The summed E-state index contributed by atoms with van der Waals surface area (Å²) < 4.78 is 12.4. The lowest BCUT2D eigenvalue weighted by molar-refractivity contribution is -0.144. The lowest BCUT2D eigenvalue weighted by Gasteiger charge is -2.06. The molecule has 0 radical (unpaired) electrons. The van der Waals surface area contributed by atoms with E-state index in [0.717, 1.165) is 33.9 Å². The summed E-state index contributed by atoms with van der Waals surface area (Å²) in [6, 6.07) is 9.97. The number of rotatable bonds is 6. The van der Waals surface area contributed by atoms with Crippen molar-refractivity contribution in [1.29, 1.82) is 0 Å². The molecule has 0 bridgehead atoms. The number of hydrogen-bond acceptors (Lipinski definition) is 5. The zero-order valence-corrected chi connectivity index (χ0v) is 15.6. The summed E-state index contributed by atoms with van der Waals surface area (Å²) in [5.41, 5.74) is 5.68. The standard InChI is InChI=1S/C20H23N3O3/c1-13-18(15(3)23(21-13)17-8-6-5-7-9-17)10-11-20(24)25-12-19-14(2)22-26-16(19)4/h5-9H,10-12H2,1-4H3. The minimum absolute atomic E-state index is 0.196. The number of benzene rings is 1. The number of hydrogen-bond donors (Lipinski definition) is 0. The predicted octanol–water partition coefficient (Wildman–Crippen LogP) is 3.77. The summed E-state index contributed by atoms with van der Waals surface area (Å²) >= 11 is 0. The molecule has 0 saturated carbocycles. The topological polar surface area (TPSA) is 70.2 Å². The third-order valence-corrected chi connectivity index (χ3v) is 4.58. The molecule has 3 aromatic rings. The molecule has 0 aliphatic heterocycles. The number of carbonyl (C=O) groups excluding carboxylic acids is 1. The molecule has 0 spiro atoms. The Hall–Kier alpha value is -2.89. The van der Waals surface area contributed by atoms with Gasteiger partial charge in [-0.3, -0.25) is 4.79 Å². The van der Waals surface area contributed by atoms with Crippen molar-refractivity contribution in [2.45, 2.75) is 47.1 Å². The van der Waals surface area contributed by atoms with Crippen LogP contribution in [0.25, 0.3) is 5.69 Å².